The molecule has 0 saturated carbocycles. The highest BCUT2D eigenvalue weighted by atomic mass is 16.5. The van der Waals surface area contributed by atoms with Gasteiger partial charge in [-0.25, -0.2) is 5.43 Å². The third-order valence-corrected chi connectivity index (χ3v) is 4.63. The van der Waals surface area contributed by atoms with E-state index in [2.05, 4.69) is 20.7 Å². The maximum atomic E-state index is 12.5. The third kappa shape index (κ3) is 5.22. The summed E-state index contributed by atoms with van der Waals surface area (Å²) in [6.45, 7) is 4.53. The number of ether oxygens (including phenoxy) is 3. The Morgan fingerprint density at radius 2 is 1.77 bits per heavy atom. The van der Waals surface area contributed by atoms with Crippen molar-refractivity contribution in [3.8, 4) is 28.5 Å². The van der Waals surface area contributed by atoms with Crippen LogP contribution in [0.1, 0.15) is 36.3 Å². The van der Waals surface area contributed by atoms with Gasteiger partial charge in [-0.15, -0.1) is 0 Å². The number of H-pyrrole nitrogens is 1. The number of carbonyl (C=O) groups excluding carboxylic acids is 1. The molecule has 1 amide bonds. The summed E-state index contributed by atoms with van der Waals surface area (Å²) in [7, 11) is 3.14. The maximum absolute atomic E-state index is 12.5. The van der Waals surface area contributed by atoms with Crippen molar-refractivity contribution < 1.29 is 19.0 Å². The Morgan fingerprint density at radius 1 is 1.03 bits per heavy atom. The van der Waals surface area contributed by atoms with Crippen molar-refractivity contribution in [2.75, 3.05) is 20.8 Å². The lowest BCUT2D eigenvalue weighted by Crippen LogP contribution is -2.20. The summed E-state index contributed by atoms with van der Waals surface area (Å²) in [5.41, 5.74) is 5.98. The van der Waals surface area contributed by atoms with Gasteiger partial charge in [-0.1, -0.05) is 6.92 Å². The highest BCUT2D eigenvalue weighted by Crippen LogP contribution is 2.31. The predicted octanol–water partition coefficient (Wildman–Crippen LogP) is 4.04. The molecule has 0 radical (unpaired) electrons. The van der Waals surface area contributed by atoms with Gasteiger partial charge >= 0.3 is 0 Å². The van der Waals surface area contributed by atoms with E-state index in [1.165, 1.54) is 0 Å². The zero-order chi connectivity index (χ0) is 22.2. The van der Waals surface area contributed by atoms with Crippen molar-refractivity contribution in [3.05, 3.63) is 59.8 Å². The normalized spacial score (nSPS) is 11.2. The molecule has 3 aromatic rings. The number of hydrogen-bond acceptors (Lipinski definition) is 6. The molecule has 162 valence electrons. The van der Waals surface area contributed by atoms with Gasteiger partial charge in [-0.2, -0.15) is 10.2 Å². The Balaban J connectivity index is 1.73. The Bertz CT molecular complexity index is 1060. The number of aromatic nitrogens is 2. The minimum absolute atomic E-state index is 0.302. The summed E-state index contributed by atoms with van der Waals surface area (Å²) < 4.78 is 16.0. The number of hydrazone groups is 1. The fourth-order valence-corrected chi connectivity index (χ4v) is 3.02. The lowest BCUT2D eigenvalue weighted by molar-refractivity contribution is 0.0950. The topological polar surface area (TPSA) is 97.8 Å². The Kier molecular flexibility index (Phi) is 7.26. The summed E-state index contributed by atoms with van der Waals surface area (Å²) in [6, 6.07) is 14.7. The van der Waals surface area contributed by atoms with Crippen molar-refractivity contribution in [1.82, 2.24) is 15.6 Å². The van der Waals surface area contributed by atoms with Crippen molar-refractivity contribution in [1.29, 1.82) is 0 Å². The molecule has 2 aromatic carbocycles. The second kappa shape index (κ2) is 10.3. The van der Waals surface area contributed by atoms with Crippen LogP contribution in [0.4, 0.5) is 0 Å². The Hall–Kier alpha value is -3.81. The molecule has 0 bridgehead atoms. The molecule has 2 N–H and O–H groups in total. The molecule has 8 heteroatoms. The van der Waals surface area contributed by atoms with Crippen LogP contribution in [0.15, 0.2) is 53.6 Å². The Morgan fingerprint density at radius 3 is 2.42 bits per heavy atom. The molecule has 0 aliphatic rings. The fraction of sp³-hybridized carbons (Fsp3) is 0.261. The molecule has 0 unspecified atom stereocenters. The minimum Gasteiger partial charge on any atom is -0.494 e. The van der Waals surface area contributed by atoms with Gasteiger partial charge in [-0.05, 0) is 67.4 Å². The monoisotopic (exact) mass is 422 g/mol. The lowest BCUT2D eigenvalue weighted by atomic mass is 10.1. The van der Waals surface area contributed by atoms with E-state index >= 15 is 0 Å². The fourth-order valence-electron chi connectivity index (χ4n) is 3.02. The van der Waals surface area contributed by atoms with Gasteiger partial charge in [-0.3, -0.25) is 9.89 Å². The van der Waals surface area contributed by atoms with Gasteiger partial charge < -0.3 is 14.2 Å². The number of nitrogens with one attached hydrogen (secondary N) is 2. The molecule has 0 spiro atoms. The summed E-state index contributed by atoms with van der Waals surface area (Å²) in [4.78, 5) is 12.5. The van der Waals surface area contributed by atoms with E-state index in [0.29, 0.717) is 35.9 Å². The van der Waals surface area contributed by atoms with Crippen LogP contribution in [0.25, 0.3) is 11.3 Å². The van der Waals surface area contributed by atoms with E-state index in [1.807, 2.05) is 44.2 Å². The van der Waals surface area contributed by atoms with Crippen LogP contribution >= 0.6 is 0 Å². The number of methoxy groups -OCH3 is 2. The summed E-state index contributed by atoms with van der Waals surface area (Å²) in [5.74, 6) is 1.62. The van der Waals surface area contributed by atoms with Crippen molar-refractivity contribution in [2.24, 2.45) is 5.10 Å². The van der Waals surface area contributed by atoms with Crippen molar-refractivity contribution in [2.45, 2.75) is 20.3 Å². The summed E-state index contributed by atoms with van der Waals surface area (Å²) in [5, 5.41) is 11.3. The third-order valence-electron chi connectivity index (χ3n) is 4.63. The highest BCUT2D eigenvalue weighted by molar-refractivity contribution is 6.02. The van der Waals surface area contributed by atoms with E-state index in [9.17, 15) is 4.79 Å². The smallest absolute Gasteiger partial charge is 0.289 e. The first kappa shape index (κ1) is 21.9. The first-order chi connectivity index (χ1) is 15.1. The average Bonchev–Trinajstić information content (AvgIpc) is 3.30. The number of rotatable bonds is 9. The van der Waals surface area contributed by atoms with Crippen LogP contribution in [0.3, 0.4) is 0 Å². The molecule has 3 rings (SSSR count). The zero-order valence-electron chi connectivity index (χ0n) is 18.1. The molecule has 1 heterocycles. The quantitative estimate of drug-likeness (QED) is 0.401. The molecule has 8 nitrogen and oxygen atoms in total. The summed E-state index contributed by atoms with van der Waals surface area (Å²) >= 11 is 0. The van der Waals surface area contributed by atoms with Gasteiger partial charge in [0.15, 0.2) is 11.5 Å². The van der Waals surface area contributed by atoms with Crippen LogP contribution in [-0.4, -0.2) is 42.6 Å². The maximum Gasteiger partial charge on any atom is 0.289 e. The van der Waals surface area contributed by atoms with Crippen LogP contribution in [-0.2, 0) is 0 Å². The zero-order valence-corrected chi connectivity index (χ0v) is 18.1. The Labute approximate surface area is 181 Å². The van der Waals surface area contributed by atoms with Gasteiger partial charge in [0.2, 0.25) is 0 Å². The van der Waals surface area contributed by atoms with Gasteiger partial charge in [0, 0.05) is 5.56 Å². The standard InChI is InChI=1S/C23H26N4O4/c1-5-18(15-7-10-17(11-8-15)31-6-2)24-27-23(28)20-14-19(25-26-20)16-9-12-21(29-3)22(13-16)30-4/h7-14H,5-6H2,1-4H3,(H,25,26)(H,27,28)/b24-18+. The summed E-state index contributed by atoms with van der Waals surface area (Å²) in [6.07, 6.45) is 0.661. The van der Waals surface area contributed by atoms with E-state index < -0.39 is 0 Å². The molecular formula is C23H26N4O4. The van der Waals surface area contributed by atoms with E-state index in [4.69, 9.17) is 14.2 Å². The van der Waals surface area contributed by atoms with Crippen LogP contribution in [0.2, 0.25) is 0 Å². The molecule has 0 aliphatic carbocycles. The molecule has 0 aliphatic heterocycles. The lowest BCUT2D eigenvalue weighted by Gasteiger charge is -2.08. The van der Waals surface area contributed by atoms with Gasteiger partial charge in [0.05, 0.1) is 32.2 Å². The molecule has 0 fully saturated rings. The average molecular weight is 422 g/mol. The first-order valence-electron chi connectivity index (χ1n) is 9.97. The molecule has 31 heavy (non-hydrogen) atoms. The molecule has 0 saturated heterocycles. The van der Waals surface area contributed by atoms with Crippen molar-refractivity contribution >= 4 is 11.6 Å². The molecule has 0 atom stereocenters. The second-order valence-corrected chi connectivity index (χ2v) is 6.55. The van der Waals surface area contributed by atoms with Gasteiger partial charge in [0.1, 0.15) is 11.4 Å². The van der Waals surface area contributed by atoms with Crippen molar-refractivity contribution in [3.63, 3.8) is 0 Å². The SMILES string of the molecule is CCOc1ccc(/C(CC)=N/NC(=O)c2cc(-c3ccc(OC)c(OC)c3)n[nH]2)cc1. The van der Waals surface area contributed by atoms with E-state index in [1.54, 1.807) is 32.4 Å². The van der Waals surface area contributed by atoms with Crippen LogP contribution in [0, 0.1) is 0 Å². The van der Waals surface area contributed by atoms with Gasteiger partial charge in [0.25, 0.3) is 5.91 Å². The second-order valence-electron chi connectivity index (χ2n) is 6.55. The number of nitrogens with zero attached hydrogens (tertiary/aromatic N) is 2. The first-order valence-corrected chi connectivity index (χ1v) is 9.97. The molecular weight excluding hydrogens is 396 g/mol. The molecule has 1 aromatic heterocycles. The largest absolute Gasteiger partial charge is 0.494 e. The number of hydrogen-bond donors (Lipinski definition) is 2. The number of amides is 1. The van der Waals surface area contributed by atoms with Crippen LogP contribution in [0.5, 0.6) is 17.2 Å². The highest BCUT2D eigenvalue weighted by Gasteiger charge is 2.13. The number of carbonyl (C=O) groups is 1. The predicted molar refractivity (Wildman–Crippen MR) is 119 cm³/mol. The van der Waals surface area contributed by atoms with Crippen LogP contribution < -0.4 is 19.6 Å². The minimum atomic E-state index is -0.379. The van der Waals surface area contributed by atoms with E-state index in [0.717, 1.165) is 22.6 Å². The number of aromatic amines is 1. The number of benzene rings is 2. The van der Waals surface area contributed by atoms with E-state index in [-0.39, 0.29) is 5.91 Å².